The van der Waals surface area contributed by atoms with Gasteiger partial charge in [-0.2, -0.15) is 0 Å². The Bertz CT molecular complexity index is 980. The summed E-state index contributed by atoms with van der Waals surface area (Å²) in [5.74, 6) is -0.0872. The molecule has 1 amide bonds. The van der Waals surface area contributed by atoms with Gasteiger partial charge in [-0.1, -0.05) is 41.4 Å². The lowest BCUT2D eigenvalue weighted by molar-refractivity contribution is 0.0975. The molecule has 4 nitrogen and oxygen atoms in total. The lowest BCUT2D eigenvalue weighted by Crippen LogP contribution is -2.36. The van der Waals surface area contributed by atoms with Gasteiger partial charge in [-0.15, -0.1) is 0 Å². The predicted molar refractivity (Wildman–Crippen MR) is 96.4 cm³/mol. The fourth-order valence-corrected chi connectivity index (χ4v) is 3.95. The van der Waals surface area contributed by atoms with Gasteiger partial charge in [0.15, 0.2) is 5.65 Å². The van der Waals surface area contributed by atoms with Crippen LogP contribution in [0.25, 0.3) is 5.65 Å². The molecule has 0 spiro atoms. The lowest BCUT2D eigenvalue weighted by atomic mass is 10.1. The summed E-state index contributed by atoms with van der Waals surface area (Å²) in [6, 6.07) is 9.72. The van der Waals surface area contributed by atoms with Gasteiger partial charge in [0.25, 0.3) is 5.91 Å². The number of benzene rings is 1. The first-order chi connectivity index (χ1) is 11.5. The van der Waals surface area contributed by atoms with Crippen LogP contribution in [0.3, 0.4) is 0 Å². The zero-order chi connectivity index (χ0) is 17.0. The zero-order valence-electron chi connectivity index (χ0n) is 13.3. The second kappa shape index (κ2) is 5.50. The normalized spacial score (nSPS) is 16.7. The summed E-state index contributed by atoms with van der Waals surface area (Å²) >= 11 is 12.4. The number of carbonyl (C=O) groups is 1. The fraction of sp³-hybridized carbons (Fsp3) is 0.222. The van der Waals surface area contributed by atoms with Crippen LogP contribution in [-0.4, -0.2) is 21.3 Å². The lowest BCUT2D eigenvalue weighted by Gasteiger charge is -2.22. The summed E-state index contributed by atoms with van der Waals surface area (Å²) in [7, 11) is 0. The van der Waals surface area contributed by atoms with Crippen LogP contribution in [0.5, 0.6) is 0 Å². The van der Waals surface area contributed by atoms with E-state index in [9.17, 15) is 4.79 Å². The van der Waals surface area contributed by atoms with Crippen LogP contribution in [0, 0.1) is 6.92 Å². The molecule has 1 aromatic carbocycles. The quantitative estimate of drug-likeness (QED) is 0.639. The Morgan fingerprint density at radius 2 is 2.04 bits per heavy atom. The summed E-state index contributed by atoms with van der Waals surface area (Å²) in [4.78, 5) is 19.6. The number of hydrogen-bond acceptors (Lipinski definition) is 2. The van der Waals surface area contributed by atoms with Crippen molar-refractivity contribution in [3.63, 3.8) is 0 Å². The Morgan fingerprint density at radius 1 is 1.29 bits per heavy atom. The third-order valence-electron chi connectivity index (χ3n) is 4.44. The summed E-state index contributed by atoms with van der Waals surface area (Å²) in [5.41, 5.74) is 3.82. The van der Waals surface area contributed by atoms with E-state index < -0.39 is 0 Å². The topological polar surface area (TPSA) is 37.6 Å². The van der Waals surface area contributed by atoms with Gasteiger partial charge >= 0.3 is 0 Å². The van der Waals surface area contributed by atoms with Crippen LogP contribution >= 0.6 is 23.2 Å². The molecule has 0 saturated carbocycles. The number of aromatic nitrogens is 2. The maximum atomic E-state index is 13.3. The van der Waals surface area contributed by atoms with Gasteiger partial charge < -0.3 is 4.90 Å². The summed E-state index contributed by atoms with van der Waals surface area (Å²) in [6.07, 6.45) is 2.53. The largest absolute Gasteiger partial charge is 0.304 e. The van der Waals surface area contributed by atoms with E-state index in [1.807, 2.05) is 30.0 Å². The highest BCUT2D eigenvalue weighted by molar-refractivity contribution is 6.36. The van der Waals surface area contributed by atoms with Gasteiger partial charge in [0.1, 0.15) is 5.69 Å². The summed E-state index contributed by atoms with van der Waals surface area (Å²) < 4.78 is 1.69. The van der Waals surface area contributed by atoms with Crippen LogP contribution in [0.1, 0.15) is 28.7 Å². The van der Waals surface area contributed by atoms with Crippen LogP contribution < -0.4 is 4.90 Å². The Hall–Kier alpha value is -2.04. The molecular weight excluding hydrogens is 345 g/mol. The number of para-hydroxylation sites is 1. The van der Waals surface area contributed by atoms with Crippen molar-refractivity contribution >= 4 is 40.4 Å². The highest BCUT2D eigenvalue weighted by atomic mass is 35.5. The number of carbonyl (C=O) groups excluding carboxylic acids is 1. The SMILES string of the molecule is Cc1nc2c(Cl)cc(Cl)cn2c1C(=O)N1c2ccccc2CC1C. The minimum Gasteiger partial charge on any atom is -0.304 e. The van der Waals surface area contributed by atoms with Gasteiger partial charge in [-0.3, -0.25) is 9.20 Å². The second-order valence-corrected chi connectivity index (χ2v) is 6.95. The van der Waals surface area contributed by atoms with Gasteiger partial charge in [0.2, 0.25) is 0 Å². The number of hydrogen-bond donors (Lipinski definition) is 0. The molecule has 1 aliphatic heterocycles. The highest BCUT2D eigenvalue weighted by Crippen LogP contribution is 2.34. The number of pyridine rings is 1. The average molecular weight is 360 g/mol. The number of fused-ring (bicyclic) bond motifs is 2. The number of anilines is 1. The second-order valence-electron chi connectivity index (χ2n) is 6.10. The van der Waals surface area contributed by atoms with E-state index in [0.717, 1.165) is 12.1 Å². The summed E-state index contributed by atoms with van der Waals surface area (Å²) in [6.45, 7) is 3.87. The van der Waals surface area contributed by atoms with E-state index >= 15 is 0 Å². The number of halogens is 2. The zero-order valence-corrected chi connectivity index (χ0v) is 14.8. The molecule has 6 heteroatoms. The van der Waals surface area contributed by atoms with Crippen molar-refractivity contribution in [1.29, 1.82) is 0 Å². The van der Waals surface area contributed by atoms with Crippen molar-refractivity contribution in [3.8, 4) is 0 Å². The third-order valence-corrected chi connectivity index (χ3v) is 4.93. The Kier molecular flexibility index (Phi) is 3.55. The maximum Gasteiger partial charge on any atom is 0.277 e. The smallest absolute Gasteiger partial charge is 0.277 e. The number of rotatable bonds is 1. The Labute approximate surface area is 149 Å². The third kappa shape index (κ3) is 2.21. The van der Waals surface area contributed by atoms with Gasteiger partial charge in [-0.25, -0.2) is 4.98 Å². The first kappa shape index (κ1) is 15.5. The Balaban J connectivity index is 1.89. The van der Waals surface area contributed by atoms with E-state index in [1.165, 1.54) is 5.56 Å². The van der Waals surface area contributed by atoms with Crippen LogP contribution in [0.15, 0.2) is 36.5 Å². The minimum absolute atomic E-state index is 0.0872. The molecule has 0 radical (unpaired) electrons. The minimum atomic E-state index is -0.0872. The van der Waals surface area contributed by atoms with Crippen molar-refractivity contribution in [1.82, 2.24) is 9.38 Å². The molecule has 122 valence electrons. The predicted octanol–water partition coefficient (Wildman–Crippen LogP) is 4.54. The first-order valence-corrected chi connectivity index (χ1v) is 8.48. The molecule has 0 saturated heterocycles. The van der Waals surface area contributed by atoms with E-state index in [1.54, 1.807) is 16.7 Å². The molecule has 1 aliphatic rings. The molecule has 0 aliphatic carbocycles. The van der Waals surface area contributed by atoms with Gasteiger partial charge in [0.05, 0.1) is 15.7 Å². The van der Waals surface area contributed by atoms with E-state index in [0.29, 0.717) is 27.1 Å². The number of imidazole rings is 1. The monoisotopic (exact) mass is 359 g/mol. The van der Waals surface area contributed by atoms with Crippen molar-refractivity contribution in [2.24, 2.45) is 0 Å². The van der Waals surface area contributed by atoms with Crippen molar-refractivity contribution in [2.75, 3.05) is 4.90 Å². The van der Waals surface area contributed by atoms with Crippen molar-refractivity contribution in [3.05, 3.63) is 63.5 Å². The molecule has 3 heterocycles. The molecule has 4 rings (SSSR count). The van der Waals surface area contributed by atoms with Gasteiger partial charge in [0, 0.05) is 17.9 Å². The molecule has 0 bridgehead atoms. The standard InChI is InChI=1S/C18H15Cl2N3O/c1-10-7-12-5-3-4-6-15(12)23(10)18(24)16-11(2)21-17-14(20)8-13(19)9-22(16)17/h3-6,8-10H,7H2,1-2H3. The van der Waals surface area contributed by atoms with E-state index in [-0.39, 0.29) is 11.9 Å². The van der Waals surface area contributed by atoms with Gasteiger partial charge in [-0.05, 0) is 38.0 Å². The van der Waals surface area contributed by atoms with Crippen LogP contribution in [0.4, 0.5) is 5.69 Å². The molecule has 2 aromatic heterocycles. The number of nitrogens with zero attached hydrogens (tertiary/aromatic N) is 3. The summed E-state index contributed by atoms with van der Waals surface area (Å²) in [5, 5.41) is 0.897. The molecule has 0 fully saturated rings. The highest BCUT2D eigenvalue weighted by Gasteiger charge is 2.33. The van der Waals surface area contributed by atoms with Crippen molar-refractivity contribution < 1.29 is 4.79 Å². The van der Waals surface area contributed by atoms with E-state index in [2.05, 4.69) is 18.0 Å². The molecule has 1 unspecified atom stereocenters. The Morgan fingerprint density at radius 3 is 2.83 bits per heavy atom. The molecule has 0 N–H and O–H groups in total. The molecule has 3 aromatic rings. The fourth-order valence-electron chi connectivity index (χ4n) is 3.43. The number of aryl methyl sites for hydroxylation is 1. The van der Waals surface area contributed by atoms with E-state index in [4.69, 9.17) is 23.2 Å². The van der Waals surface area contributed by atoms with Crippen LogP contribution in [-0.2, 0) is 6.42 Å². The first-order valence-electron chi connectivity index (χ1n) is 7.72. The molecule has 24 heavy (non-hydrogen) atoms. The molecule has 1 atom stereocenters. The average Bonchev–Trinajstić information content (AvgIpc) is 3.03. The number of amides is 1. The maximum absolute atomic E-state index is 13.3. The van der Waals surface area contributed by atoms with Crippen LogP contribution in [0.2, 0.25) is 10.0 Å². The van der Waals surface area contributed by atoms with Crippen molar-refractivity contribution in [2.45, 2.75) is 26.3 Å². The molecular formula is C18H15Cl2N3O.